The third kappa shape index (κ3) is 5.58. The Balaban J connectivity index is 1.56. The second-order valence-electron chi connectivity index (χ2n) is 7.71. The van der Waals surface area contributed by atoms with Gasteiger partial charge in [0, 0.05) is 29.3 Å². The van der Waals surface area contributed by atoms with Gasteiger partial charge in [0.05, 0.1) is 25.4 Å². The molecule has 0 fully saturated rings. The number of methoxy groups -OCH3 is 2. The molecule has 4 aromatic carbocycles. The van der Waals surface area contributed by atoms with Crippen molar-refractivity contribution in [3.63, 3.8) is 0 Å². The van der Waals surface area contributed by atoms with E-state index in [1.165, 1.54) is 32.6 Å². The quantitative estimate of drug-likeness (QED) is 0.200. The van der Waals surface area contributed by atoms with Gasteiger partial charge in [-0.25, -0.2) is 5.43 Å². The number of hydrogen-bond acceptors (Lipinski definition) is 7. The van der Waals surface area contributed by atoms with Crippen molar-refractivity contribution >= 4 is 28.6 Å². The summed E-state index contributed by atoms with van der Waals surface area (Å²) in [5.74, 6) is 1.09. The summed E-state index contributed by atoms with van der Waals surface area (Å²) in [6.45, 7) is 0.202. The lowest BCUT2D eigenvalue weighted by Gasteiger charge is -2.12. The zero-order valence-electron chi connectivity index (χ0n) is 19.6. The highest BCUT2D eigenvalue weighted by molar-refractivity contribution is 6.03. The Morgan fingerprint density at radius 3 is 2.33 bits per heavy atom. The van der Waals surface area contributed by atoms with Gasteiger partial charge in [0.1, 0.15) is 23.9 Å². The van der Waals surface area contributed by atoms with Crippen LogP contribution in [0.4, 0.5) is 5.69 Å². The van der Waals surface area contributed by atoms with Crippen LogP contribution in [0.3, 0.4) is 0 Å². The van der Waals surface area contributed by atoms with Crippen LogP contribution in [0.2, 0.25) is 0 Å². The fourth-order valence-electron chi connectivity index (χ4n) is 3.57. The molecule has 0 radical (unpaired) electrons. The fraction of sp³-hybridized carbons (Fsp3) is 0.111. The molecule has 4 aromatic rings. The minimum Gasteiger partial charge on any atom is -0.497 e. The number of carbonyl (C=O) groups excluding carboxylic acids is 1. The maximum absolute atomic E-state index is 12.7. The van der Waals surface area contributed by atoms with E-state index in [4.69, 9.17) is 14.2 Å². The SMILES string of the molecule is COc1cc(OC)cc(C(=O)N/N=C\c2c(OCc3ccc([N+](=O)[O-])cc3)ccc3ccccc23)c1. The molecule has 0 unspecified atom stereocenters. The Hall–Kier alpha value is -4.92. The van der Waals surface area contributed by atoms with E-state index in [0.29, 0.717) is 28.4 Å². The fourth-order valence-corrected chi connectivity index (χ4v) is 3.57. The Morgan fingerprint density at radius 1 is 0.972 bits per heavy atom. The molecule has 1 N–H and O–H groups in total. The van der Waals surface area contributed by atoms with Crippen LogP contribution < -0.4 is 19.6 Å². The maximum atomic E-state index is 12.7. The number of amides is 1. The van der Waals surface area contributed by atoms with Gasteiger partial charge in [-0.15, -0.1) is 0 Å². The first-order valence-corrected chi connectivity index (χ1v) is 10.9. The molecular formula is C27H23N3O6. The first-order chi connectivity index (χ1) is 17.5. The van der Waals surface area contributed by atoms with E-state index in [0.717, 1.165) is 16.3 Å². The molecule has 0 aromatic heterocycles. The summed E-state index contributed by atoms with van der Waals surface area (Å²) in [5.41, 5.74) is 4.33. The number of ether oxygens (including phenoxy) is 3. The van der Waals surface area contributed by atoms with E-state index in [9.17, 15) is 14.9 Å². The van der Waals surface area contributed by atoms with Crippen LogP contribution in [0.25, 0.3) is 10.8 Å². The van der Waals surface area contributed by atoms with Crippen LogP contribution in [0.1, 0.15) is 21.5 Å². The number of carbonyl (C=O) groups is 1. The van der Waals surface area contributed by atoms with Crippen molar-refractivity contribution in [3.05, 3.63) is 106 Å². The summed E-state index contributed by atoms with van der Waals surface area (Å²) in [7, 11) is 3.01. The van der Waals surface area contributed by atoms with Gasteiger partial charge in [-0.3, -0.25) is 14.9 Å². The number of non-ortho nitro benzene ring substituents is 1. The third-order valence-electron chi connectivity index (χ3n) is 5.45. The normalized spacial score (nSPS) is 10.8. The van der Waals surface area contributed by atoms with Crippen molar-refractivity contribution in [2.24, 2.45) is 5.10 Å². The van der Waals surface area contributed by atoms with E-state index in [-0.39, 0.29) is 12.3 Å². The summed E-state index contributed by atoms with van der Waals surface area (Å²) >= 11 is 0. The second kappa shape index (κ2) is 11.0. The lowest BCUT2D eigenvalue weighted by Crippen LogP contribution is -2.18. The molecule has 36 heavy (non-hydrogen) atoms. The minimum atomic E-state index is -0.446. The van der Waals surface area contributed by atoms with Crippen molar-refractivity contribution in [1.82, 2.24) is 5.43 Å². The first kappa shape index (κ1) is 24.2. The molecule has 0 aliphatic heterocycles. The molecule has 9 nitrogen and oxygen atoms in total. The summed E-state index contributed by atoms with van der Waals surface area (Å²) in [6.07, 6.45) is 1.53. The van der Waals surface area contributed by atoms with Crippen LogP contribution in [-0.4, -0.2) is 31.3 Å². The van der Waals surface area contributed by atoms with E-state index in [1.54, 1.807) is 30.3 Å². The van der Waals surface area contributed by atoms with Crippen molar-refractivity contribution in [2.75, 3.05) is 14.2 Å². The third-order valence-corrected chi connectivity index (χ3v) is 5.45. The molecule has 9 heteroatoms. The smallest absolute Gasteiger partial charge is 0.271 e. The maximum Gasteiger partial charge on any atom is 0.271 e. The molecule has 4 rings (SSSR count). The highest BCUT2D eigenvalue weighted by Gasteiger charge is 2.11. The van der Waals surface area contributed by atoms with Gasteiger partial charge in [-0.2, -0.15) is 5.10 Å². The van der Waals surface area contributed by atoms with Crippen molar-refractivity contribution in [2.45, 2.75) is 6.61 Å². The Morgan fingerprint density at radius 2 is 1.67 bits per heavy atom. The number of nitro benzene ring substituents is 1. The van der Waals surface area contributed by atoms with E-state index in [1.807, 2.05) is 36.4 Å². The summed E-state index contributed by atoms with van der Waals surface area (Å²) in [6, 6.07) is 22.5. The van der Waals surface area contributed by atoms with Crippen molar-refractivity contribution in [3.8, 4) is 17.2 Å². The molecule has 0 aliphatic rings. The van der Waals surface area contributed by atoms with Crippen LogP contribution in [-0.2, 0) is 6.61 Å². The number of hydrazone groups is 1. The van der Waals surface area contributed by atoms with Crippen molar-refractivity contribution in [1.29, 1.82) is 0 Å². The number of hydrogen-bond donors (Lipinski definition) is 1. The summed E-state index contributed by atoms with van der Waals surface area (Å²) in [5, 5.41) is 16.9. The monoisotopic (exact) mass is 485 g/mol. The minimum absolute atomic E-state index is 0.0154. The number of rotatable bonds is 9. The van der Waals surface area contributed by atoms with Gasteiger partial charge in [0.25, 0.3) is 11.6 Å². The number of nitrogens with one attached hydrogen (secondary N) is 1. The van der Waals surface area contributed by atoms with Crippen LogP contribution in [0.5, 0.6) is 17.2 Å². The Kier molecular flexibility index (Phi) is 7.40. The highest BCUT2D eigenvalue weighted by atomic mass is 16.6. The molecule has 0 bridgehead atoms. The molecule has 182 valence electrons. The van der Waals surface area contributed by atoms with Crippen LogP contribution >= 0.6 is 0 Å². The van der Waals surface area contributed by atoms with Gasteiger partial charge in [-0.1, -0.05) is 30.3 Å². The molecule has 0 atom stereocenters. The Bertz CT molecular complexity index is 1410. The average Bonchev–Trinajstić information content (AvgIpc) is 2.92. The lowest BCUT2D eigenvalue weighted by molar-refractivity contribution is -0.384. The van der Waals surface area contributed by atoms with Gasteiger partial charge in [-0.05, 0) is 46.7 Å². The number of nitrogens with zero attached hydrogens (tertiary/aromatic N) is 2. The van der Waals surface area contributed by atoms with Gasteiger partial charge >= 0.3 is 0 Å². The summed E-state index contributed by atoms with van der Waals surface area (Å²) in [4.78, 5) is 23.1. The lowest BCUT2D eigenvalue weighted by atomic mass is 10.0. The molecule has 0 spiro atoms. The predicted octanol–water partition coefficient (Wildman–Crippen LogP) is 5.11. The van der Waals surface area contributed by atoms with Crippen LogP contribution in [0, 0.1) is 10.1 Å². The predicted molar refractivity (Wildman–Crippen MR) is 136 cm³/mol. The molecular weight excluding hydrogens is 462 g/mol. The topological polar surface area (TPSA) is 112 Å². The molecule has 0 saturated carbocycles. The zero-order chi connectivity index (χ0) is 25.5. The van der Waals surface area contributed by atoms with Gasteiger partial charge in [0.2, 0.25) is 0 Å². The highest BCUT2D eigenvalue weighted by Crippen LogP contribution is 2.28. The zero-order valence-corrected chi connectivity index (χ0v) is 19.6. The molecule has 0 heterocycles. The van der Waals surface area contributed by atoms with Gasteiger partial charge < -0.3 is 14.2 Å². The summed E-state index contributed by atoms with van der Waals surface area (Å²) < 4.78 is 16.5. The average molecular weight is 485 g/mol. The number of nitro groups is 1. The molecule has 0 aliphatic carbocycles. The first-order valence-electron chi connectivity index (χ1n) is 10.9. The standard InChI is InChI=1S/C27H23N3O6/c1-34-22-13-20(14-23(15-22)35-2)27(31)29-28-16-25-24-6-4-3-5-19(24)9-12-26(25)36-17-18-7-10-21(11-8-18)30(32)33/h3-16H,17H2,1-2H3,(H,29,31)/b28-16-. The van der Waals surface area contributed by atoms with Crippen molar-refractivity contribution < 1.29 is 23.9 Å². The largest absolute Gasteiger partial charge is 0.497 e. The van der Waals surface area contributed by atoms with E-state index < -0.39 is 10.8 Å². The molecule has 1 amide bonds. The van der Waals surface area contributed by atoms with E-state index >= 15 is 0 Å². The van der Waals surface area contributed by atoms with Crippen LogP contribution in [0.15, 0.2) is 84.0 Å². The van der Waals surface area contributed by atoms with E-state index in [2.05, 4.69) is 10.5 Å². The molecule has 0 saturated heterocycles. The number of benzene rings is 4. The number of fused-ring (bicyclic) bond motifs is 1. The Labute approximate surface area is 207 Å². The van der Waals surface area contributed by atoms with Gasteiger partial charge in [0.15, 0.2) is 0 Å². The second-order valence-corrected chi connectivity index (χ2v) is 7.71.